The van der Waals surface area contributed by atoms with Crippen LogP contribution in [0.4, 0.5) is 0 Å². The van der Waals surface area contributed by atoms with E-state index in [2.05, 4.69) is 47.7 Å². The number of hydrogen-bond donors (Lipinski definition) is 1. The van der Waals surface area contributed by atoms with Gasteiger partial charge >= 0.3 is 0 Å². The summed E-state index contributed by atoms with van der Waals surface area (Å²) in [6, 6.07) is 12.5. The van der Waals surface area contributed by atoms with Gasteiger partial charge in [-0.3, -0.25) is 4.68 Å². The molecule has 0 saturated carbocycles. The Labute approximate surface area is 115 Å². The highest BCUT2D eigenvalue weighted by Crippen LogP contribution is 2.00. The Morgan fingerprint density at radius 3 is 2.61 bits per heavy atom. The van der Waals surface area contributed by atoms with Crippen molar-refractivity contribution >= 4 is 12.4 Å². The Kier molecular flexibility index (Phi) is 6.47. The van der Waals surface area contributed by atoms with E-state index in [-0.39, 0.29) is 12.4 Å². The van der Waals surface area contributed by atoms with Crippen LogP contribution in [0, 0.1) is 0 Å². The monoisotopic (exact) mass is 265 g/mol. The maximum absolute atomic E-state index is 4.49. The third-order valence-corrected chi connectivity index (χ3v) is 2.63. The summed E-state index contributed by atoms with van der Waals surface area (Å²) in [5.41, 5.74) is 2.41. The van der Waals surface area contributed by atoms with Crippen LogP contribution in [0.1, 0.15) is 24.6 Å². The van der Waals surface area contributed by atoms with E-state index in [1.807, 2.05) is 16.9 Å². The molecule has 0 unspecified atom stereocenters. The quantitative estimate of drug-likeness (QED) is 0.870. The zero-order valence-corrected chi connectivity index (χ0v) is 11.5. The minimum Gasteiger partial charge on any atom is -0.307 e. The van der Waals surface area contributed by atoms with Gasteiger partial charge in [-0.05, 0) is 18.1 Å². The molecule has 0 aliphatic heterocycles. The van der Waals surface area contributed by atoms with Gasteiger partial charge < -0.3 is 5.32 Å². The highest BCUT2D eigenvalue weighted by molar-refractivity contribution is 5.85. The Hall–Kier alpha value is -1.32. The van der Waals surface area contributed by atoms with Crippen LogP contribution in [0.3, 0.4) is 0 Å². The topological polar surface area (TPSA) is 29.9 Å². The average molecular weight is 266 g/mol. The molecule has 98 valence electrons. The number of hydrogen-bond acceptors (Lipinski definition) is 2. The molecule has 0 amide bonds. The fourth-order valence-corrected chi connectivity index (χ4v) is 1.78. The predicted octanol–water partition coefficient (Wildman–Crippen LogP) is 3.00. The first-order valence-corrected chi connectivity index (χ1v) is 6.15. The molecular formula is C14H20ClN3. The number of rotatable bonds is 6. The molecule has 4 heteroatoms. The molecule has 0 aliphatic carbocycles. The third kappa shape index (κ3) is 4.51. The number of halogens is 1. The molecule has 1 aromatic heterocycles. The summed E-state index contributed by atoms with van der Waals surface area (Å²) in [6.07, 6.45) is 3.17. The van der Waals surface area contributed by atoms with E-state index in [0.717, 1.165) is 31.7 Å². The SMILES string of the molecule is CCCn1ccc(CNCc2ccccc2)n1.Cl. The van der Waals surface area contributed by atoms with Gasteiger partial charge in [-0.1, -0.05) is 37.3 Å². The van der Waals surface area contributed by atoms with Gasteiger partial charge in [0.15, 0.2) is 0 Å². The van der Waals surface area contributed by atoms with Gasteiger partial charge in [0.2, 0.25) is 0 Å². The van der Waals surface area contributed by atoms with Crippen LogP contribution in [0.2, 0.25) is 0 Å². The molecule has 1 aromatic carbocycles. The zero-order chi connectivity index (χ0) is 11.9. The molecule has 0 radical (unpaired) electrons. The Balaban J connectivity index is 0.00000162. The largest absolute Gasteiger partial charge is 0.307 e. The molecule has 2 rings (SSSR count). The second-order valence-electron chi connectivity index (χ2n) is 4.16. The van der Waals surface area contributed by atoms with Crippen molar-refractivity contribution < 1.29 is 0 Å². The van der Waals surface area contributed by atoms with Gasteiger partial charge in [-0.2, -0.15) is 5.10 Å². The van der Waals surface area contributed by atoms with Crippen molar-refractivity contribution in [1.29, 1.82) is 0 Å². The highest BCUT2D eigenvalue weighted by Gasteiger charge is 1.98. The third-order valence-electron chi connectivity index (χ3n) is 2.63. The van der Waals surface area contributed by atoms with Crippen molar-refractivity contribution in [2.75, 3.05) is 0 Å². The first-order chi connectivity index (χ1) is 8.38. The normalized spacial score (nSPS) is 10.1. The molecule has 1 N–H and O–H groups in total. The standard InChI is InChI=1S/C14H19N3.ClH/c1-2-9-17-10-8-14(16-17)12-15-11-13-6-4-3-5-7-13;/h3-8,10,15H,2,9,11-12H2,1H3;1H. The van der Waals surface area contributed by atoms with Crippen LogP contribution < -0.4 is 5.32 Å². The molecule has 2 aromatic rings. The van der Waals surface area contributed by atoms with Gasteiger partial charge in [0.25, 0.3) is 0 Å². The van der Waals surface area contributed by atoms with Crippen LogP contribution in [-0.4, -0.2) is 9.78 Å². The van der Waals surface area contributed by atoms with E-state index in [1.165, 1.54) is 5.56 Å². The fraction of sp³-hybridized carbons (Fsp3) is 0.357. The van der Waals surface area contributed by atoms with E-state index in [9.17, 15) is 0 Å². The molecule has 0 saturated heterocycles. The molecule has 0 fully saturated rings. The van der Waals surface area contributed by atoms with E-state index >= 15 is 0 Å². The molecule has 0 aliphatic rings. The molecule has 3 nitrogen and oxygen atoms in total. The highest BCUT2D eigenvalue weighted by atomic mass is 35.5. The van der Waals surface area contributed by atoms with Crippen LogP contribution in [0.5, 0.6) is 0 Å². The lowest BCUT2D eigenvalue weighted by molar-refractivity contribution is 0.582. The summed E-state index contributed by atoms with van der Waals surface area (Å²) >= 11 is 0. The summed E-state index contributed by atoms with van der Waals surface area (Å²) < 4.78 is 2.00. The fourth-order valence-electron chi connectivity index (χ4n) is 1.78. The first-order valence-electron chi connectivity index (χ1n) is 6.15. The maximum Gasteiger partial charge on any atom is 0.0762 e. The van der Waals surface area contributed by atoms with Crippen molar-refractivity contribution in [3.63, 3.8) is 0 Å². The Bertz CT molecular complexity index is 439. The van der Waals surface area contributed by atoms with Gasteiger partial charge in [-0.15, -0.1) is 12.4 Å². The van der Waals surface area contributed by atoms with Crippen molar-refractivity contribution in [1.82, 2.24) is 15.1 Å². The molecule has 1 heterocycles. The van der Waals surface area contributed by atoms with Gasteiger partial charge in [0.1, 0.15) is 0 Å². The van der Waals surface area contributed by atoms with E-state index < -0.39 is 0 Å². The van der Waals surface area contributed by atoms with Crippen LogP contribution in [0.15, 0.2) is 42.6 Å². The second-order valence-corrected chi connectivity index (χ2v) is 4.16. The van der Waals surface area contributed by atoms with Gasteiger partial charge in [-0.25, -0.2) is 0 Å². The van der Waals surface area contributed by atoms with Crippen LogP contribution >= 0.6 is 12.4 Å². The van der Waals surface area contributed by atoms with Gasteiger partial charge in [0, 0.05) is 25.8 Å². The summed E-state index contributed by atoms with van der Waals surface area (Å²) in [4.78, 5) is 0. The van der Waals surface area contributed by atoms with Gasteiger partial charge in [0.05, 0.1) is 5.69 Å². The van der Waals surface area contributed by atoms with Crippen LogP contribution in [-0.2, 0) is 19.6 Å². The Morgan fingerprint density at radius 2 is 1.89 bits per heavy atom. The lowest BCUT2D eigenvalue weighted by Gasteiger charge is -2.02. The summed E-state index contributed by atoms with van der Waals surface area (Å²) in [7, 11) is 0. The number of nitrogens with zero attached hydrogens (tertiary/aromatic N) is 2. The lowest BCUT2D eigenvalue weighted by Crippen LogP contribution is -2.13. The van der Waals surface area contributed by atoms with E-state index in [4.69, 9.17) is 0 Å². The number of aromatic nitrogens is 2. The van der Waals surface area contributed by atoms with E-state index in [1.54, 1.807) is 0 Å². The zero-order valence-electron chi connectivity index (χ0n) is 10.7. The summed E-state index contributed by atoms with van der Waals surface area (Å²) in [5, 5.41) is 7.88. The number of nitrogens with one attached hydrogen (secondary N) is 1. The van der Waals surface area contributed by atoms with Crippen LogP contribution in [0.25, 0.3) is 0 Å². The van der Waals surface area contributed by atoms with Crippen molar-refractivity contribution in [3.05, 3.63) is 53.9 Å². The molecule has 0 bridgehead atoms. The molecule has 18 heavy (non-hydrogen) atoms. The first kappa shape index (κ1) is 14.7. The van der Waals surface area contributed by atoms with Crippen molar-refractivity contribution in [2.45, 2.75) is 33.0 Å². The lowest BCUT2D eigenvalue weighted by atomic mass is 10.2. The minimum absolute atomic E-state index is 0. The van der Waals surface area contributed by atoms with Crippen molar-refractivity contribution in [3.8, 4) is 0 Å². The number of aryl methyl sites for hydroxylation is 1. The predicted molar refractivity (Wildman–Crippen MR) is 76.8 cm³/mol. The summed E-state index contributed by atoms with van der Waals surface area (Å²) in [5.74, 6) is 0. The smallest absolute Gasteiger partial charge is 0.0762 e. The second kappa shape index (κ2) is 7.90. The summed E-state index contributed by atoms with van der Waals surface area (Å²) in [6.45, 7) is 4.88. The van der Waals surface area contributed by atoms with E-state index in [0.29, 0.717) is 0 Å². The molecular weight excluding hydrogens is 246 g/mol. The molecule has 0 spiro atoms. The minimum atomic E-state index is 0. The Morgan fingerprint density at radius 1 is 1.11 bits per heavy atom. The van der Waals surface area contributed by atoms with Crippen molar-refractivity contribution in [2.24, 2.45) is 0 Å². The maximum atomic E-state index is 4.49. The average Bonchev–Trinajstić information content (AvgIpc) is 2.79. The molecule has 0 atom stereocenters. The number of benzene rings is 1.